The molecule has 1 aliphatic carbocycles. The minimum absolute atomic E-state index is 0.0677. The van der Waals surface area contributed by atoms with Gasteiger partial charge in [0.2, 0.25) is 0 Å². The lowest BCUT2D eigenvalue weighted by Crippen LogP contribution is -2.54. The number of phenols is 1. The number of aromatic amines is 1. The number of nitrogens with one attached hydrogen (secondary N) is 1. The lowest BCUT2D eigenvalue weighted by atomic mass is 9.58. The predicted octanol–water partition coefficient (Wildman–Crippen LogP) is 5.38. The Bertz CT molecular complexity index is 1400. The number of nitro groups is 1. The number of hydrogen-bond donors (Lipinski definition) is 2. The number of H-pyrrole nitrogens is 1. The molecule has 2 heterocycles. The molecule has 6 rings (SSSR count). The molecule has 35 heavy (non-hydrogen) atoms. The van der Waals surface area contributed by atoms with Gasteiger partial charge in [0.05, 0.1) is 4.92 Å². The van der Waals surface area contributed by atoms with Gasteiger partial charge in [-0.15, -0.1) is 0 Å². The average Bonchev–Trinajstić information content (AvgIpc) is 3.22. The Morgan fingerprint density at radius 1 is 1.09 bits per heavy atom. The lowest BCUT2D eigenvalue weighted by Gasteiger charge is -2.51. The second kappa shape index (κ2) is 8.54. The maximum absolute atomic E-state index is 11.4. The van der Waals surface area contributed by atoms with Crippen LogP contribution in [0.2, 0.25) is 0 Å². The highest BCUT2D eigenvalue weighted by Crippen LogP contribution is 2.49. The Hall–Kier alpha value is -3.64. The number of non-ortho nitro benzene ring substituents is 1. The van der Waals surface area contributed by atoms with Gasteiger partial charge < -0.3 is 15.0 Å². The van der Waals surface area contributed by atoms with Gasteiger partial charge in [-0.2, -0.15) is 0 Å². The first-order chi connectivity index (χ1) is 17.0. The molecular formula is C29H29N3O3. The number of aromatic hydroxyl groups is 1. The van der Waals surface area contributed by atoms with Gasteiger partial charge in [0.25, 0.3) is 5.69 Å². The van der Waals surface area contributed by atoms with Gasteiger partial charge >= 0.3 is 0 Å². The van der Waals surface area contributed by atoms with Crippen molar-refractivity contribution in [3.63, 3.8) is 0 Å². The molecule has 1 saturated heterocycles. The van der Waals surface area contributed by atoms with Crippen LogP contribution in [0.15, 0.2) is 72.8 Å². The van der Waals surface area contributed by atoms with E-state index in [1.54, 1.807) is 18.2 Å². The number of rotatable bonds is 5. The van der Waals surface area contributed by atoms with Gasteiger partial charge in [0.1, 0.15) is 5.75 Å². The molecule has 6 heteroatoms. The van der Waals surface area contributed by atoms with Gasteiger partial charge in [-0.3, -0.25) is 10.1 Å². The third-order valence-electron chi connectivity index (χ3n) is 8.25. The summed E-state index contributed by atoms with van der Waals surface area (Å²) in [5, 5.41) is 22.7. The Morgan fingerprint density at radius 2 is 1.94 bits per heavy atom. The molecular weight excluding hydrogens is 438 g/mol. The van der Waals surface area contributed by atoms with Gasteiger partial charge in [0.15, 0.2) is 0 Å². The van der Waals surface area contributed by atoms with E-state index in [0.29, 0.717) is 11.7 Å². The van der Waals surface area contributed by atoms with E-state index in [-0.39, 0.29) is 16.0 Å². The summed E-state index contributed by atoms with van der Waals surface area (Å²) >= 11 is 0. The lowest BCUT2D eigenvalue weighted by molar-refractivity contribution is -0.384. The van der Waals surface area contributed by atoms with Gasteiger partial charge in [0, 0.05) is 47.2 Å². The summed E-state index contributed by atoms with van der Waals surface area (Å²) in [6, 6.07) is 23.5. The van der Waals surface area contributed by atoms with Crippen molar-refractivity contribution in [3.05, 3.63) is 105 Å². The van der Waals surface area contributed by atoms with Crippen molar-refractivity contribution in [1.82, 2.24) is 9.88 Å². The van der Waals surface area contributed by atoms with Crippen LogP contribution in [0, 0.1) is 16.0 Å². The molecule has 0 spiro atoms. The third-order valence-corrected chi connectivity index (χ3v) is 8.25. The fourth-order valence-corrected chi connectivity index (χ4v) is 6.42. The molecule has 0 radical (unpaired) electrons. The number of piperidine rings is 1. The largest absolute Gasteiger partial charge is 0.508 e. The van der Waals surface area contributed by atoms with Gasteiger partial charge in [-0.1, -0.05) is 42.5 Å². The topological polar surface area (TPSA) is 82.4 Å². The molecule has 4 aromatic rings. The Labute approximate surface area is 204 Å². The van der Waals surface area contributed by atoms with Gasteiger partial charge in [-0.25, -0.2) is 0 Å². The highest BCUT2D eigenvalue weighted by molar-refractivity contribution is 5.87. The Balaban J connectivity index is 1.36. The minimum atomic E-state index is -0.315. The van der Waals surface area contributed by atoms with Crippen LogP contribution < -0.4 is 0 Å². The molecule has 1 aromatic heterocycles. The minimum Gasteiger partial charge on any atom is -0.508 e. The van der Waals surface area contributed by atoms with Crippen LogP contribution in [-0.4, -0.2) is 39.5 Å². The average molecular weight is 468 g/mol. The summed E-state index contributed by atoms with van der Waals surface area (Å²) in [7, 11) is 0. The molecule has 3 aromatic carbocycles. The number of likely N-dealkylation sites (tertiary alicyclic amines) is 1. The SMILES string of the molecule is O=[N+]([O-])c1ccc2[nH]c3c(c2c1)CC1CN(CCc2ccccc2)CCC1(c1cccc(O)c1)C3. The molecule has 0 saturated carbocycles. The number of nitro benzene ring substituents is 1. The van der Waals surface area contributed by atoms with Crippen LogP contribution in [-0.2, 0) is 24.7 Å². The maximum atomic E-state index is 11.4. The maximum Gasteiger partial charge on any atom is 0.270 e. The van der Waals surface area contributed by atoms with Crippen LogP contribution >= 0.6 is 0 Å². The summed E-state index contributed by atoms with van der Waals surface area (Å²) in [5.41, 5.74) is 5.98. The van der Waals surface area contributed by atoms with E-state index in [4.69, 9.17) is 0 Å². The molecule has 0 amide bonds. The molecule has 6 nitrogen and oxygen atoms in total. The van der Waals surface area contributed by atoms with Crippen LogP contribution in [0.1, 0.15) is 28.8 Å². The third kappa shape index (κ3) is 3.88. The van der Waals surface area contributed by atoms with Crippen molar-refractivity contribution in [3.8, 4) is 5.75 Å². The van der Waals surface area contributed by atoms with Crippen molar-refractivity contribution in [2.75, 3.05) is 19.6 Å². The highest BCUT2D eigenvalue weighted by Gasteiger charge is 2.48. The van der Waals surface area contributed by atoms with E-state index in [0.717, 1.165) is 56.2 Å². The number of nitrogens with zero attached hydrogens (tertiary/aromatic N) is 2. The number of fused-ring (bicyclic) bond motifs is 4. The second-order valence-electron chi connectivity index (χ2n) is 10.1. The molecule has 2 N–H and O–H groups in total. The zero-order valence-corrected chi connectivity index (χ0v) is 19.6. The molecule has 1 fully saturated rings. The van der Waals surface area contributed by atoms with Crippen molar-refractivity contribution < 1.29 is 10.0 Å². The molecule has 0 bridgehead atoms. The summed E-state index contributed by atoms with van der Waals surface area (Å²) in [6.07, 6.45) is 3.77. The number of phenolic OH excluding ortho intramolecular Hbond substituents is 1. The number of aromatic nitrogens is 1. The van der Waals surface area contributed by atoms with Crippen molar-refractivity contribution in [2.24, 2.45) is 5.92 Å². The van der Waals surface area contributed by atoms with E-state index in [1.807, 2.05) is 18.2 Å². The first kappa shape index (κ1) is 21.9. The molecule has 2 aliphatic rings. The molecule has 1 aliphatic heterocycles. The number of benzene rings is 3. The summed E-state index contributed by atoms with van der Waals surface area (Å²) in [4.78, 5) is 17.3. The van der Waals surface area contributed by atoms with E-state index >= 15 is 0 Å². The summed E-state index contributed by atoms with van der Waals surface area (Å²) in [6.45, 7) is 3.01. The quantitative estimate of drug-likeness (QED) is 0.305. The smallest absolute Gasteiger partial charge is 0.270 e. The summed E-state index contributed by atoms with van der Waals surface area (Å²) < 4.78 is 0. The highest BCUT2D eigenvalue weighted by atomic mass is 16.6. The van der Waals surface area contributed by atoms with Crippen molar-refractivity contribution >= 4 is 16.6 Å². The fourth-order valence-electron chi connectivity index (χ4n) is 6.42. The molecule has 2 unspecified atom stereocenters. The Kier molecular flexibility index (Phi) is 5.33. The summed E-state index contributed by atoms with van der Waals surface area (Å²) in [5.74, 6) is 0.666. The number of hydrogen-bond acceptors (Lipinski definition) is 4. The van der Waals surface area contributed by atoms with Gasteiger partial charge in [-0.05, 0) is 73.0 Å². The molecule has 2 atom stereocenters. The first-order valence-electron chi connectivity index (χ1n) is 12.4. The monoisotopic (exact) mass is 467 g/mol. The zero-order chi connectivity index (χ0) is 24.0. The second-order valence-corrected chi connectivity index (χ2v) is 10.1. The van der Waals surface area contributed by atoms with E-state index in [1.165, 1.54) is 22.4 Å². The van der Waals surface area contributed by atoms with Crippen LogP contribution in [0.4, 0.5) is 5.69 Å². The first-order valence-corrected chi connectivity index (χ1v) is 12.4. The van der Waals surface area contributed by atoms with Crippen molar-refractivity contribution in [2.45, 2.75) is 31.1 Å². The van der Waals surface area contributed by atoms with E-state index in [9.17, 15) is 15.2 Å². The Morgan fingerprint density at radius 3 is 2.74 bits per heavy atom. The predicted molar refractivity (Wildman–Crippen MR) is 137 cm³/mol. The van der Waals surface area contributed by atoms with Crippen LogP contribution in [0.25, 0.3) is 10.9 Å². The van der Waals surface area contributed by atoms with Crippen LogP contribution in [0.5, 0.6) is 5.75 Å². The van der Waals surface area contributed by atoms with Crippen molar-refractivity contribution in [1.29, 1.82) is 0 Å². The molecule has 178 valence electrons. The van der Waals surface area contributed by atoms with Crippen LogP contribution in [0.3, 0.4) is 0 Å². The fraction of sp³-hybridized carbons (Fsp3) is 0.310. The van der Waals surface area contributed by atoms with E-state index in [2.05, 4.69) is 46.3 Å². The normalized spacial score (nSPS) is 22.0. The van der Waals surface area contributed by atoms with E-state index < -0.39 is 0 Å². The standard InChI is InChI=1S/C29H29N3O3/c33-24-8-4-7-21(15-24)29-12-14-31(13-11-20-5-2-1-3-6-20)19-22(29)16-25-26-17-23(32(34)35)9-10-27(26)30-28(25)18-29/h1-10,15,17,22,30,33H,11-14,16,18-19H2. The zero-order valence-electron chi connectivity index (χ0n) is 19.6.